The van der Waals surface area contributed by atoms with Crippen molar-refractivity contribution in [3.05, 3.63) is 18.3 Å². The standard InChI is InChI=1S/C10H14N2O/c11-10-4-3-9(7-12-10)13-6-5-8-1-2-8/h3-4,7-8H,1-2,5-6H2,(H2,11,12). The van der Waals surface area contributed by atoms with Gasteiger partial charge in [-0.25, -0.2) is 4.98 Å². The molecule has 2 N–H and O–H groups in total. The molecule has 0 aliphatic heterocycles. The van der Waals surface area contributed by atoms with Gasteiger partial charge in [-0.1, -0.05) is 12.8 Å². The first-order chi connectivity index (χ1) is 6.34. The average Bonchev–Trinajstić information content (AvgIpc) is 2.92. The van der Waals surface area contributed by atoms with E-state index in [0.717, 1.165) is 18.3 Å². The number of hydrogen-bond acceptors (Lipinski definition) is 3. The number of anilines is 1. The molecule has 1 heterocycles. The van der Waals surface area contributed by atoms with Gasteiger partial charge in [0, 0.05) is 0 Å². The summed E-state index contributed by atoms with van der Waals surface area (Å²) in [4.78, 5) is 3.95. The molecule has 1 saturated carbocycles. The fourth-order valence-corrected chi connectivity index (χ4v) is 1.23. The van der Waals surface area contributed by atoms with E-state index < -0.39 is 0 Å². The van der Waals surface area contributed by atoms with Gasteiger partial charge in [0.25, 0.3) is 0 Å². The fraction of sp³-hybridized carbons (Fsp3) is 0.500. The van der Waals surface area contributed by atoms with Crippen molar-refractivity contribution < 1.29 is 4.74 Å². The number of nitrogen functional groups attached to an aromatic ring is 1. The molecule has 0 radical (unpaired) electrons. The zero-order chi connectivity index (χ0) is 9.10. The maximum atomic E-state index is 5.49. The molecule has 1 aliphatic carbocycles. The summed E-state index contributed by atoms with van der Waals surface area (Å²) in [6.45, 7) is 0.802. The molecule has 3 nitrogen and oxygen atoms in total. The third kappa shape index (κ3) is 2.61. The topological polar surface area (TPSA) is 48.1 Å². The minimum absolute atomic E-state index is 0.537. The number of pyridine rings is 1. The van der Waals surface area contributed by atoms with Gasteiger partial charge in [0.05, 0.1) is 12.8 Å². The molecular weight excluding hydrogens is 164 g/mol. The normalized spacial score (nSPS) is 15.7. The zero-order valence-electron chi connectivity index (χ0n) is 7.57. The number of nitrogens with zero attached hydrogens (tertiary/aromatic N) is 1. The molecule has 70 valence electrons. The zero-order valence-corrected chi connectivity index (χ0v) is 7.57. The fourth-order valence-electron chi connectivity index (χ4n) is 1.23. The Labute approximate surface area is 77.9 Å². The first-order valence-electron chi connectivity index (χ1n) is 4.69. The number of hydrogen-bond donors (Lipinski definition) is 1. The first kappa shape index (κ1) is 8.35. The van der Waals surface area contributed by atoms with Crippen LogP contribution in [0, 0.1) is 5.92 Å². The van der Waals surface area contributed by atoms with Gasteiger partial charge in [-0.05, 0) is 24.5 Å². The molecular formula is C10H14N2O. The highest BCUT2D eigenvalue weighted by atomic mass is 16.5. The molecule has 3 heteroatoms. The molecule has 13 heavy (non-hydrogen) atoms. The van der Waals surface area contributed by atoms with Crippen molar-refractivity contribution in [2.75, 3.05) is 12.3 Å². The maximum Gasteiger partial charge on any atom is 0.137 e. The van der Waals surface area contributed by atoms with Gasteiger partial charge in [-0.15, -0.1) is 0 Å². The van der Waals surface area contributed by atoms with E-state index in [9.17, 15) is 0 Å². The van der Waals surface area contributed by atoms with Crippen molar-refractivity contribution >= 4 is 5.82 Å². The summed E-state index contributed by atoms with van der Waals surface area (Å²) in [5.74, 6) is 2.27. The lowest BCUT2D eigenvalue weighted by Crippen LogP contribution is -1.99. The Morgan fingerprint density at radius 1 is 1.46 bits per heavy atom. The summed E-state index contributed by atoms with van der Waals surface area (Å²) in [5, 5.41) is 0. The van der Waals surface area contributed by atoms with E-state index in [1.165, 1.54) is 19.3 Å². The van der Waals surface area contributed by atoms with Crippen molar-refractivity contribution in [1.82, 2.24) is 4.98 Å². The molecule has 0 spiro atoms. The van der Waals surface area contributed by atoms with E-state index in [2.05, 4.69) is 4.98 Å². The molecule has 1 fully saturated rings. The van der Waals surface area contributed by atoms with Crippen LogP contribution in [0.4, 0.5) is 5.82 Å². The third-order valence-electron chi connectivity index (χ3n) is 2.25. The Hall–Kier alpha value is -1.25. The van der Waals surface area contributed by atoms with E-state index in [1.54, 1.807) is 12.3 Å². The number of nitrogens with two attached hydrogens (primary N) is 1. The van der Waals surface area contributed by atoms with E-state index in [0.29, 0.717) is 5.82 Å². The number of ether oxygens (including phenoxy) is 1. The predicted molar refractivity (Wildman–Crippen MR) is 51.5 cm³/mol. The van der Waals surface area contributed by atoms with E-state index >= 15 is 0 Å². The minimum Gasteiger partial charge on any atom is -0.492 e. The van der Waals surface area contributed by atoms with Crippen molar-refractivity contribution in [1.29, 1.82) is 0 Å². The maximum absolute atomic E-state index is 5.49. The molecule has 0 aromatic carbocycles. The second-order valence-electron chi connectivity index (χ2n) is 3.50. The van der Waals surface area contributed by atoms with E-state index in [4.69, 9.17) is 10.5 Å². The van der Waals surface area contributed by atoms with Gasteiger partial charge < -0.3 is 10.5 Å². The molecule has 0 bridgehead atoms. The predicted octanol–water partition coefficient (Wildman–Crippen LogP) is 1.84. The lowest BCUT2D eigenvalue weighted by Gasteiger charge is -2.04. The summed E-state index contributed by atoms with van der Waals surface area (Å²) in [6, 6.07) is 3.61. The van der Waals surface area contributed by atoms with Gasteiger partial charge in [-0.2, -0.15) is 0 Å². The molecule has 0 unspecified atom stereocenters. The van der Waals surface area contributed by atoms with Crippen LogP contribution in [0.25, 0.3) is 0 Å². The van der Waals surface area contributed by atoms with Crippen LogP contribution in [0.5, 0.6) is 5.75 Å². The third-order valence-corrected chi connectivity index (χ3v) is 2.25. The van der Waals surface area contributed by atoms with E-state index in [-0.39, 0.29) is 0 Å². The van der Waals surface area contributed by atoms with Gasteiger partial charge in [0.1, 0.15) is 11.6 Å². The Bertz CT molecular complexity index is 267. The Morgan fingerprint density at radius 3 is 2.92 bits per heavy atom. The Balaban J connectivity index is 1.76. The molecule has 0 amide bonds. The second-order valence-corrected chi connectivity index (χ2v) is 3.50. The highest BCUT2D eigenvalue weighted by molar-refractivity contribution is 5.31. The average molecular weight is 178 g/mol. The van der Waals surface area contributed by atoms with Gasteiger partial charge >= 0.3 is 0 Å². The van der Waals surface area contributed by atoms with Crippen molar-refractivity contribution in [2.24, 2.45) is 5.92 Å². The molecule has 1 aromatic rings. The van der Waals surface area contributed by atoms with Gasteiger partial charge in [-0.3, -0.25) is 0 Å². The SMILES string of the molecule is Nc1ccc(OCCC2CC2)cn1. The smallest absolute Gasteiger partial charge is 0.137 e. The Morgan fingerprint density at radius 2 is 2.31 bits per heavy atom. The van der Waals surface area contributed by atoms with E-state index in [1.807, 2.05) is 6.07 Å². The van der Waals surface area contributed by atoms with Gasteiger partial charge in [0.2, 0.25) is 0 Å². The van der Waals surface area contributed by atoms with Crippen LogP contribution in [0.15, 0.2) is 18.3 Å². The highest BCUT2D eigenvalue weighted by Gasteiger charge is 2.20. The highest BCUT2D eigenvalue weighted by Crippen LogP contribution is 2.32. The van der Waals surface area contributed by atoms with Crippen LogP contribution in [-0.4, -0.2) is 11.6 Å². The van der Waals surface area contributed by atoms with Crippen LogP contribution < -0.4 is 10.5 Å². The molecule has 0 atom stereocenters. The van der Waals surface area contributed by atoms with Crippen molar-refractivity contribution in [2.45, 2.75) is 19.3 Å². The summed E-state index contributed by atoms with van der Waals surface area (Å²) in [7, 11) is 0. The largest absolute Gasteiger partial charge is 0.492 e. The van der Waals surface area contributed by atoms with Crippen molar-refractivity contribution in [3.8, 4) is 5.75 Å². The molecule has 0 saturated heterocycles. The molecule has 1 aromatic heterocycles. The minimum atomic E-state index is 0.537. The van der Waals surface area contributed by atoms with Crippen LogP contribution >= 0.6 is 0 Å². The quantitative estimate of drug-likeness (QED) is 0.765. The summed E-state index contributed by atoms with van der Waals surface area (Å²) in [5.41, 5.74) is 5.45. The lowest BCUT2D eigenvalue weighted by molar-refractivity contribution is 0.301. The molecule has 1 aliphatic rings. The number of rotatable bonds is 4. The Kier molecular flexibility index (Phi) is 2.34. The summed E-state index contributed by atoms with van der Waals surface area (Å²) < 4.78 is 5.49. The summed E-state index contributed by atoms with van der Waals surface area (Å²) >= 11 is 0. The van der Waals surface area contributed by atoms with Gasteiger partial charge in [0.15, 0.2) is 0 Å². The summed E-state index contributed by atoms with van der Waals surface area (Å²) in [6.07, 6.45) is 5.60. The van der Waals surface area contributed by atoms with Crippen LogP contribution in [-0.2, 0) is 0 Å². The van der Waals surface area contributed by atoms with Crippen LogP contribution in [0.2, 0.25) is 0 Å². The van der Waals surface area contributed by atoms with Crippen molar-refractivity contribution in [3.63, 3.8) is 0 Å². The first-order valence-corrected chi connectivity index (χ1v) is 4.69. The van der Waals surface area contributed by atoms with Crippen LogP contribution in [0.3, 0.4) is 0 Å². The second kappa shape index (κ2) is 3.64. The number of aromatic nitrogens is 1. The monoisotopic (exact) mass is 178 g/mol. The molecule has 2 rings (SSSR count). The van der Waals surface area contributed by atoms with Crippen LogP contribution in [0.1, 0.15) is 19.3 Å². The lowest BCUT2D eigenvalue weighted by atomic mass is 10.3.